The predicted octanol–water partition coefficient (Wildman–Crippen LogP) is 3.61. The van der Waals surface area contributed by atoms with Gasteiger partial charge in [-0.05, 0) is 55.5 Å². The zero-order chi connectivity index (χ0) is 14.1. The molecule has 0 bridgehead atoms. The summed E-state index contributed by atoms with van der Waals surface area (Å²) in [7, 11) is 0. The quantitative estimate of drug-likeness (QED) is 0.918. The number of hydrogen-bond donors (Lipinski definition) is 1. The molecule has 1 aliphatic rings. The van der Waals surface area contributed by atoms with E-state index in [1.54, 1.807) is 0 Å². The Morgan fingerprint density at radius 1 is 1.15 bits per heavy atom. The lowest BCUT2D eigenvalue weighted by Crippen LogP contribution is -2.24. The van der Waals surface area contributed by atoms with Gasteiger partial charge in [-0.2, -0.15) is 0 Å². The van der Waals surface area contributed by atoms with Crippen molar-refractivity contribution in [2.75, 3.05) is 11.5 Å². The SMILES string of the molecule is Cc1cc(CCO)ccc1N1c2ccccc2CC1C. The van der Waals surface area contributed by atoms with Crippen molar-refractivity contribution in [3.63, 3.8) is 0 Å². The number of benzene rings is 2. The number of rotatable bonds is 3. The molecule has 0 aliphatic carbocycles. The molecule has 0 spiro atoms. The molecule has 0 amide bonds. The van der Waals surface area contributed by atoms with Crippen molar-refractivity contribution in [3.8, 4) is 0 Å². The summed E-state index contributed by atoms with van der Waals surface area (Å²) in [4.78, 5) is 2.44. The van der Waals surface area contributed by atoms with Crippen LogP contribution >= 0.6 is 0 Å². The number of hydrogen-bond acceptors (Lipinski definition) is 2. The summed E-state index contributed by atoms with van der Waals surface area (Å²) < 4.78 is 0. The van der Waals surface area contributed by atoms with Crippen LogP contribution in [0.25, 0.3) is 0 Å². The fourth-order valence-corrected chi connectivity index (χ4v) is 3.21. The number of aliphatic hydroxyl groups excluding tert-OH is 1. The molecule has 0 radical (unpaired) electrons. The van der Waals surface area contributed by atoms with Crippen LogP contribution in [0, 0.1) is 6.92 Å². The van der Waals surface area contributed by atoms with Crippen molar-refractivity contribution < 1.29 is 5.11 Å². The Kier molecular flexibility index (Phi) is 3.49. The molecule has 2 nitrogen and oxygen atoms in total. The molecule has 1 heterocycles. The van der Waals surface area contributed by atoms with Gasteiger partial charge in [0.15, 0.2) is 0 Å². The molecule has 2 aromatic rings. The number of anilines is 2. The van der Waals surface area contributed by atoms with E-state index in [9.17, 15) is 0 Å². The molecule has 1 aliphatic heterocycles. The molecule has 2 heteroatoms. The summed E-state index contributed by atoms with van der Waals surface area (Å²) in [6.07, 6.45) is 1.83. The summed E-state index contributed by atoms with van der Waals surface area (Å²) in [5.74, 6) is 0. The third kappa shape index (κ3) is 2.20. The lowest BCUT2D eigenvalue weighted by atomic mass is 10.1. The third-order valence-electron chi connectivity index (χ3n) is 4.13. The second-order valence-corrected chi connectivity index (χ2v) is 5.65. The van der Waals surface area contributed by atoms with Gasteiger partial charge in [0.05, 0.1) is 0 Å². The van der Waals surface area contributed by atoms with Crippen LogP contribution in [0.15, 0.2) is 42.5 Å². The molecule has 1 unspecified atom stereocenters. The fourth-order valence-electron chi connectivity index (χ4n) is 3.21. The van der Waals surface area contributed by atoms with Crippen LogP contribution in [0.1, 0.15) is 23.6 Å². The zero-order valence-corrected chi connectivity index (χ0v) is 12.1. The topological polar surface area (TPSA) is 23.5 Å². The Bertz CT molecular complexity index is 621. The van der Waals surface area contributed by atoms with Crippen LogP contribution in [0.2, 0.25) is 0 Å². The molecule has 104 valence electrons. The number of fused-ring (bicyclic) bond motifs is 1. The summed E-state index contributed by atoms with van der Waals surface area (Å²) >= 11 is 0. The highest BCUT2D eigenvalue weighted by atomic mass is 16.2. The van der Waals surface area contributed by atoms with E-state index in [-0.39, 0.29) is 6.61 Å². The average Bonchev–Trinajstić information content (AvgIpc) is 2.76. The van der Waals surface area contributed by atoms with Gasteiger partial charge >= 0.3 is 0 Å². The lowest BCUT2D eigenvalue weighted by Gasteiger charge is -2.27. The van der Waals surface area contributed by atoms with Gasteiger partial charge in [0.2, 0.25) is 0 Å². The normalized spacial score (nSPS) is 17.4. The molecule has 1 N–H and O–H groups in total. The van der Waals surface area contributed by atoms with E-state index in [4.69, 9.17) is 5.11 Å². The van der Waals surface area contributed by atoms with E-state index in [0.29, 0.717) is 6.04 Å². The summed E-state index contributed by atoms with van der Waals surface area (Å²) in [5, 5.41) is 9.05. The fraction of sp³-hybridized carbons (Fsp3) is 0.333. The molecule has 3 rings (SSSR count). The lowest BCUT2D eigenvalue weighted by molar-refractivity contribution is 0.299. The monoisotopic (exact) mass is 267 g/mol. The number of para-hydroxylation sites is 1. The van der Waals surface area contributed by atoms with Crippen LogP contribution in [0.4, 0.5) is 11.4 Å². The minimum absolute atomic E-state index is 0.210. The zero-order valence-electron chi connectivity index (χ0n) is 12.1. The Labute approximate surface area is 120 Å². The van der Waals surface area contributed by atoms with Crippen molar-refractivity contribution in [2.24, 2.45) is 0 Å². The Hall–Kier alpha value is -1.80. The highest BCUT2D eigenvalue weighted by molar-refractivity contribution is 5.73. The second-order valence-electron chi connectivity index (χ2n) is 5.65. The van der Waals surface area contributed by atoms with Gasteiger partial charge in [0.25, 0.3) is 0 Å². The second kappa shape index (κ2) is 5.29. The van der Waals surface area contributed by atoms with Gasteiger partial charge in [-0.25, -0.2) is 0 Å². The van der Waals surface area contributed by atoms with Crippen LogP contribution in [0.3, 0.4) is 0 Å². The predicted molar refractivity (Wildman–Crippen MR) is 83.7 cm³/mol. The van der Waals surface area contributed by atoms with Crippen molar-refractivity contribution in [2.45, 2.75) is 32.7 Å². The van der Waals surface area contributed by atoms with Gasteiger partial charge < -0.3 is 10.0 Å². The largest absolute Gasteiger partial charge is 0.396 e. The molecule has 0 saturated heterocycles. The molecule has 2 aromatic carbocycles. The maximum absolute atomic E-state index is 9.05. The van der Waals surface area contributed by atoms with E-state index in [1.165, 1.54) is 28.1 Å². The Balaban J connectivity index is 2.01. The number of aliphatic hydroxyl groups is 1. The first kappa shape index (κ1) is 13.2. The maximum Gasteiger partial charge on any atom is 0.0471 e. The molecular formula is C18H21NO. The standard InChI is InChI=1S/C18H21NO/c1-13-11-15(9-10-20)7-8-17(13)19-14(2)12-16-5-3-4-6-18(16)19/h3-8,11,14,20H,9-10,12H2,1-2H3. The van der Waals surface area contributed by atoms with Crippen LogP contribution in [0.5, 0.6) is 0 Å². The van der Waals surface area contributed by atoms with E-state index in [0.717, 1.165) is 12.8 Å². The molecule has 0 saturated carbocycles. The first-order valence-electron chi connectivity index (χ1n) is 7.28. The van der Waals surface area contributed by atoms with Gasteiger partial charge in [-0.1, -0.05) is 30.3 Å². The minimum Gasteiger partial charge on any atom is -0.396 e. The van der Waals surface area contributed by atoms with Crippen LogP contribution < -0.4 is 4.90 Å². The Morgan fingerprint density at radius 2 is 1.95 bits per heavy atom. The minimum atomic E-state index is 0.210. The number of nitrogens with zero attached hydrogens (tertiary/aromatic N) is 1. The smallest absolute Gasteiger partial charge is 0.0471 e. The van der Waals surface area contributed by atoms with Crippen molar-refractivity contribution in [1.29, 1.82) is 0 Å². The van der Waals surface area contributed by atoms with Gasteiger partial charge in [0.1, 0.15) is 0 Å². The van der Waals surface area contributed by atoms with Crippen molar-refractivity contribution >= 4 is 11.4 Å². The first-order chi connectivity index (χ1) is 9.70. The van der Waals surface area contributed by atoms with Gasteiger partial charge in [-0.15, -0.1) is 0 Å². The summed E-state index contributed by atoms with van der Waals surface area (Å²) in [5.41, 5.74) is 6.52. The van der Waals surface area contributed by atoms with Gasteiger partial charge in [0, 0.05) is 24.0 Å². The van der Waals surface area contributed by atoms with Gasteiger partial charge in [-0.3, -0.25) is 0 Å². The summed E-state index contributed by atoms with van der Waals surface area (Å²) in [6.45, 7) is 4.65. The highest BCUT2D eigenvalue weighted by Crippen LogP contribution is 2.39. The van der Waals surface area contributed by atoms with Crippen LogP contribution in [-0.4, -0.2) is 17.8 Å². The third-order valence-corrected chi connectivity index (χ3v) is 4.13. The molecule has 1 atom stereocenters. The number of aryl methyl sites for hydroxylation is 1. The van der Waals surface area contributed by atoms with E-state index in [1.807, 2.05) is 0 Å². The molecular weight excluding hydrogens is 246 g/mol. The van der Waals surface area contributed by atoms with E-state index >= 15 is 0 Å². The summed E-state index contributed by atoms with van der Waals surface area (Å²) in [6, 6.07) is 15.7. The molecule has 0 fully saturated rings. The van der Waals surface area contributed by atoms with Crippen LogP contribution in [-0.2, 0) is 12.8 Å². The maximum atomic E-state index is 9.05. The molecule has 20 heavy (non-hydrogen) atoms. The highest BCUT2D eigenvalue weighted by Gasteiger charge is 2.27. The van der Waals surface area contributed by atoms with E-state index < -0.39 is 0 Å². The average molecular weight is 267 g/mol. The van der Waals surface area contributed by atoms with Crippen molar-refractivity contribution in [3.05, 3.63) is 59.2 Å². The van der Waals surface area contributed by atoms with Crippen molar-refractivity contribution in [1.82, 2.24) is 0 Å². The Morgan fingerprint density at radius 3 is 2.70 bits per heavy atom. The van der Waals surface area contributed by atoms with E-state index in [2.05, 4.69) is 61.2 Å². The first-order valence-corrected chi connectivity index (χ1v) is 7.28. The molecule has 0 aromatic heterocycles.